The molecule has 2 aromatic carbocycles. The van der Waals surface area contributed by atoms with Crippen molar-refractivity contribution >= 4 is 5.97 Å². The number of fused-ring (bicyclic) bond motifs is 1. The smallest absolute Gasteiger partial charge is 0.302 e. The van der Waals surface area contributed by atoms with E-state index in [-0.39, 0.29) is 29.8 Å². The molecule has 144 valence electrons. The van der Waals surface area contributed by atoms with Crippen molar-refractivity contribution in [2.75, 3.05) is 0 Å². The van der Waals surface area contributed by atoms with Crippen LogP contribution in [0.3, 0.4) is 0 Å². The first-order chi connectivity index (χ1) is 13.2. The Morgan fingerprint density at radius 3 is 2.64 bits per heavy atom. The van der Waals surface area contributed by atoms with Crippen molar-refractivity contribution in [3.05, 3.63) is 69.1 Å². The molecule has 0 aromatic heterocycles. The van der Waals surface area contributed by atoms with Gasteiger partial charge in [0.15, 0.2) is 0 Å². The molecule has 6 nitrogen and oxygen atoms in total. The fourth-order valence-electron chi connectivity index (χ4n) is 3.83. The minimum Gasteiger partial charge on any atom is -0.508 e. The van der Waals surface area contributed by atoms with Gasteiger partial charge < -0.3 is 20.3 Å². The number of carbonyl (C=O) groups is 1. The third-order valence-corrected chi connectivity index (χ3v) is 5.10. The highest BCUT2D eigenvalue weighted by Gasteiger charge is 2.33. The lowest BCUT2D eigenvalue weighted by atomic mass is 9.77. The van der Waals surface area contributed by atoms with Crippen LogP contribution in [0.15, 0.2) is 35.7 Å². The third kappa shape index (κ3) is 3.27. The predicted molar refractivity (Wildman–Crippen MR) is 104 cm³/mol. The maximum atomic E-state index is 11.3. The van der Waals surface area contributed by atoms with Crippen LogP contribution in [0.4, 0.5) is 0 Å². The van der Waals surface area contributed by atoms with Gasteiger partial charge in [0.2, 0.25) is 5.88 Å². The summed E-state index contributed by atoms with van der Waals surface area (Å²) in [6, 6.07) is 8.91. The molecular weight excluding hydrogens is 356 g/mol. The second-order valence-corrected chi connectivity index (χ2v) is 6.95. The molecule has 2 aromatic rings. The number of carbonyl (C=O) groups excluding carboxylic acids is 1. The maximum absolute atomic E-state index is 11.3. The maximum Gasteiger partial charge on any atom is 0.302 e. The van der Waals surface area contributed by atoms with E-state index in [9.17, 15) is 15.2 Å². The molecule has 0 fully saturated rings. The van der Waals surface area contributed by atoms with Gasteiger partial charge in [0.05, 0.1) is 5.92 Å². The molecule has 0 amide bonds. The highest BCUT2D eigenvalue weighted by molar-refractivity contribution is 5.66. The Labute approximate surface area is 163 Å². The van der Waals surface area contributed by atoms with Crippen LogP contribution in [0, 0.1) is 32.1 Å². The van der Waals surface area contributed by atoms with Gasteiger partial charge in [-0.25, -0.2) is 0 Å². The van der Waals surface area contributed by atoms with Crippen LogP contribution < -0.4 is 10.5 Å². The Morgan fingerprint density at radius 2 is 2.00 bits per heavy atom. The Balaban J connectivity index is 2.27. The van der Waals surface area contributed by atoms with Crippen LogP contribution in [0.2, 0.25) is 0 Å². The van der Waals surface area contributed by atoms with Gasteiger partial charge in [-0.3, -0.25) is 4.79 Å². The van der Waals surface area contributed by atoms with E-state index in [2.05, 4.69) is 6.07 Å². The zero-order chi connectivity index (χ0) is 20.6. The van der Waals surface area contributed by atoms with Gasteiger partial charge in [-0.2, -0.15) is 5.26 Å². The number of nitriles is 1. The van der Waals surface area contributed by atoms with E-state index in [4.69, 9.17) is 15.2 Å². The van der Waals surface area contributed by atoms with Crippen molar-refractivity contribution in [1.29, 1.82) is 5.26 Å². The van der Waals surface area contributed by atoms with Crippen molar-refractivity contribution < 1.29 is 19.4 Å². The van der Waals surface area contributed by atoms with Gasteiger partial charge in [0, 0.05) is 12.5 Å². The summed E-state index contributed by atoms with van der Waals surface area (Å²) in [7, 11) is 0. The first kappa shape index (κ1) is 19.3. The number of esters is 1. The van der Waals surface area contributed by atoms with Gasteiger partial charge >= 0.3 is 5.97 Å². The predicted octanol–water partition coefficient (Wildman–Crippen LogP) is 3.60. The topological polar surface area (TPSA) is 106 Å². The fourth-order valence-corrected chi connectivity index (χ4v) is 3.83. The lowest BCUT2D eigenvalue weighted by Gasteiger charge is -2.30. The minimum absolute atomic E-state index is 0.0478. The number of ether oxygens (including phenoxy) is 2. The first-order valence-electron chi connectivity index (χ1n) is 8.88. The number of hydrogen-bond acceptors (Lipinski definition) is 6. The zero-order valence-electron chi connectivity index (χ0n) is 16.3. The quantitative estimate of drug-likeness (QED) is 0.791. The second-order valence-electron chi connectivity index (χ2n) is 6.95. The normalized spacial score (nSPS) is 15.5. The third-order valence-electron chi connectivity index (χ3n) is 5.10. The van der Waals surface area contributed by atoms with Crippen LogP contribution >= 0.6 is 0 Å². The molecule has 28 heavy (non-hydrogen) atoms. The molecule has 1 aliphatic rings. The Morgan fingerprint density at radius 1 is 1.29 bits per heavy atom. The summed E-state index contributed by atoms with van der Waals surface area (Å²) in [6.07, 6.45) is 0. The van der Waals surface area contributed by atoms with E-state index in [1.807, 2.05) is 26.8 Å². The number of benzene rings is 2. The van der Waals surface area contributed by atoms with Gasteiger partial charge in [0.1, 0.15) is 29.7 Å². The number of rotatable bonds is 3. The molecule has 0 spiro atoms. The summed E-state index contributed by atoms with van der Waals surface area (Å²) < 4.78 is 10.8. The molecule has 0 saturated heterocycles. The van der Waals surface area contributed by atoms with E-state index >= 15 is 0 Å². The number of nitrogens with zero attached hydrogens (tertiary/aromatic N) is 1. The lowest BCUT2D eigenvalue weighted by Crippen LogP contribution is -2.22. The van der Waals surface area contributed by atoms with E-state index < -0.39 is 5.92 Å². The monoisotopic (exact) mass is 378 g/mol. The van der Waals surface area contributed by atoms with Crippen LogP contribution in [0.5, 0.6) is 11.5 Å². The number of hydrogen-bond donors (Lipinski definition) is 2. The highest BCUT2D eigenvalue weighted by Crippen LogP contribution is 2.46. The Hall–Kier alpha value is -3.46. The summed E-state index contributed by atoms with van der Waals surface area (Å²) in [5.74, 6) is -0.221. The number of aromatic hydroxyl groups is 1. The van der Waals surface area contributed by atoms with Crippen LogP contribution in [0.1, 0.15) is 46.2 Å². The molecule has 3 N–H and O–H groups in total. The summed E-state index contributed by atoms with van der Waals surface area (Å²) in [4.78, 5) is 11.3. The van der Waals surface area contributed by atoms with Crippen molar-refractivity contribution in [3.63, 3.8) is 0 Å². The van der Waals surface area contributed by atoms with E-state index in [0.717, 1.165) is 27.8 Å². The molecule has 1 heterocycles. The van der Waals surface area contributed by atoms with E-state index in [1.54, 1.807) is 12.1 Å². The van der Waals surface area contributed by atoms with Crippen molar-refractivity contribution in [1.82, 2.24) is 0 Å². The van der Waals surface area contributed by atoms with E-state index in [0.29, 0.717) is 11.3 Å². The molecule has 1 aliphatic heterocycles. The molecule has 1 atom stereocenters. The number of aryl methyl sites for hydroxylation is 2. The molecule has 6 heteroatoms. The molecule has 3 rings (SSSR count). The van der Waals surface area contributed by atoms with Gasteiger partial charge in [-0.1, -0.05) is 6.07 Å². The lowest BCUT2D eigenvalue weighted by molar-refractivity contribution is -0.142. The summed E-state index contributed by atoms with van der Waals surface area (Å²) in [5, 5.41) is 19.8. The molecule has 0 saturated carbocycles. The Bertz CT molecular complexity index is 1050. The summed E-state index contributed by atoms with van der Waals surface area (Å²) in [6.45, 7) is 7.39. The Kier molecular flexibility index (Phi) is 5.02. The summed E-state index contributed by atoms with van der Waals surface area (Å²) in [5.41, 5.74) is 11.7. The van der Waals surface area contributed by atoms with Gasteiger partial charge in [-0.15, -0.1) is 0 Å². The molecule has 0 radical (unpaired) electrons. The largest absolute Gasteiger partial charge is 0.508 e. The van der Waals surface area contributed by atoms with Crippen LogP contribution in [0.25, 0.3) is 0 Å². The molecule has 0 aliphatic carbocycles. The number of nitrogens with two attached hydrogens (primary N) is 1. The van der Waals surface area contributed by atoms with Gasteiger partial charge in [-0.05, 0) is 66.8 Å². The van der Waals surface area contributed by atoms with Crippen molar-refractivity contribution in [2.45, 2.75) is 40.2 Å². The number of phenolic OH excluding ortho intramolecular Hbond substituents is 1. The number of allylic oxidation sites excluding steroid dienone is 1. The van der Waals surface area contributed by atoms with Crippen LogP contribution in [-0.4, -0.2) is 11.1 Å². The minimum atomic E-state index is -0.488. The SMILES string of the molecule is CC(=O)OCc1c(C)cc(C)c([C@H]2C(C#N)=C(N)Oc3ccc(O)cc32)c1C. The summed E-state index contributed by atoms with van der Waals surface area (Å²) >= 11 is 0. The molecule has 0 bridgehead atoms. The van der Waals surface area contributed by atoms with Gasteiger partial charge in [0.25, 0.3) is 0 Å². The van der Waals surface area contributed by atoms with E-state index in [1.165, 1.54) is 13.0 Å². The molecular formula is C22H22N2O4. The highest BCUT2D eigenvalue weighted by atomic mass is 16.5. The first-order valence-corrected chi connectivity index (χ1v) is 8.88. The zero-order valence-corrected chi connectivity index (χ0v) is 16.3. The number of phenols is 1. The van der Waals surface area contributed by atoms with Crippen LogP contribution in [-0.2, 0) is 16.1 Å². The molecule has 0 unspecified atom stereocenters. The average Bonchev–Trinajstić information content (AvgIpc) is 2.61. The fraction of sp³-hybridized carbons (Fsp3) is 0.273. The average molecular weight is 378 g/mol. The van der Waals surface area contributed by atoms with Crippen molar-refractivity contribution in [3.8, 4) is 17.6 Å². The van der Waals surface area contributed by atoms with Crippen molar-refractivity contribution in [2.24, 2.45) is 5.73 Å². The second kappa shape index (κ2) is 7.28. The standard InChI is InChI=1S/C22H22N2O4/c1-11-7-12(2)20(13(3)18(11)10-27-14(4)25)21-16-8-15(26)5-6-19(16)28-22(24)17(21)9-23/h5-8,21,26H,10,24H2,1-4H3/t21-/m1/s1.